The molecule has 0 saturated heterocycles. The topological polar surface area (TPSA) is 76.4 Å². The van der Waals surface area contributed by atoms with E-state index in [0.29, 0.717) is 11.4 Å². The lowest BCUT2D eigenvalue weighted by Gasteiger charge is -2.23. The number of rotatable bonds is 1. The Labute approximate surface area is 101 Å². The van der Waals surface area contributed by atoms with E-state index in [1.165, 1.54) is 25.3 Å². The molecule has 0 unspecified atom stereocenters. The minimum absolute atomic E-state index is 0.222. The van der Waals surface area contributed by atoms with Crippen molar-refractivity contribution in [2.75, 3.05) is 0 Å². The van der Waals surface area contributed by atoms with Gasteiger partial charge in [0.25, 0.3) is 0 Å². The van der Waals surface area contributed by atoms with E-state index < -0.39 is 0 Å². The Balaban J connectivity index is 2.25. The van der Waals surface area contributed by atoms with Crippen LogP contribution in [0.2, 0.25) is 0 Å². The second-order valence-corrected chi connectivity index (χ2v) is 4.50. The molecule has 1 aliphatic carbocycles. The van der Waals surface area contributed by atoms with Crippen LogP contribution in [0.3, 0.4) is 0 Å². The van der Waals surface area contributed by atoms with Gasteiger partial charge in [-0.15, -0.1) is 0 Å². The molecule has 0 bridgehead atoms. The van der Waals surface area contributed by atoms with Crippen LogP contribution >= 0.6 is 0 Å². The number of nitrogens with one attached hydrogen (secondary N) is 2. The molecule has 1 aromatic rings. The lowest BCUT2D eigenvalue weighted by atomic mass is 9.88. The van der Waals surface area contributed by atoms with Crippen LogP contribution in [0.4, 0.5) is 0 Å². The van der Waals surface area contributed by atoms with E-state index in [-0.39, 0.29) is 11.4 Å². The number of nitrogens with zero attached hydrogens (tertiary/aromatic N) is 2. The average molecular weight is 228 g/mol. The maximum Gasteiger partial charge on any atom is 0.131 e. The highest BCUT2D eigenvalue weighted by molar-refractivity contribution is 5.83. The maximum absolute atomic E-state index is 8.74. The molecule has 2 rings (SSSR count). The molecular weight excluding hydrogens is 212 g/mol. The Kier molecular flexibility index (Phi) is 3.38. The van der Waals surface area contributed by atoms with Gasteiger partial charge in [0, 0.05) is 12.1 Å². The molecule has 0 amide bonds. The highest BCUT2D eigenvalue weighted by atomic mass is 15.0. The predicted octanol–water partition coefficient (Wildman–Crippen LogP) is 2.24. The lowest BCUT2D eigenvalue weighted by Crippen LogP contribution is -2.32. The van der Waals surface area contributed by atoms with Gasteiger partial charge in [-0.25, -0.2) is 0 Å². The van der Waals surface area contributed by atoms with Gasteiger partial charge in [-0.1, -0.05) is 19.3 Å². The van der Waals surface area contributed by atoms with E-state index in [1.807, 2.05) is 6.07 Å². The van der Waals surface area contributed by atoms with Crippen LogP contribution in [0.15, 0.2) is 18.3 Å². The zero-order chi connectivity index (χ0) is 12.3. The molecule has 0 aromatic carbocycles. The second kappa shape index (κ2) is 4.96. The molecule has 17 heavy (non-hydrogen) atoms. The molecule has 0 aliphatic heterocycles. The van der Waals surface area contributed by atoms with Gasteiger partial charge in [0.1, 0.15) is 11.3 Å². The van der Waals surface area contributed by atoms with Gasteiger partial charge < -0.3 is 0 Å². The molecule has 1 aliphatic rings. The van der Waals surface area contributed by atoms with E-state index in [9.17, 15) is 0 Å². The molecule has 1 saturated carbocycles. The van der Waals surface area contributed by atoms with Gasteiger partial charge in [-0.05, 0) is 25.0 Å². The van der Waals surface area contributed by atoms with Crippen LogP contribution in [-0.4, -0.2) is 10.4 Å². The number of hydrogen-bond acceptors (Lipinski definition) is 3. The van der Waals surface area contributed by atoms with Crippen molar-refractivity contribution in [2.45, 2.75) is 32.1 Å². The smallest absolute Gasteiger partial charge is 0.131 e. The molecule has 4 heteroatoms. The van der Waals surface area contributed by atoms with Gasteiger partial charge in [-0.3, -0.25) is 15.4 Å². The first kappa shape index (κ1) is 11.6. The third kappa shape index (κ3) is 2.44. The van der Waals surface area contributed by atoms with Gasteiger partial charge in [0.15, 0.2) is 0 Å². The minimum atomic E-state index is 0.222. The molecule has 88 valence electrons. The molecule has 2 N–H and O–H groups in total. The Morgan fingerprint density at radius 1 is 1.35 bits per heavy atom. The van der Waals surface area contributed by atoms with Crippen LogP contribution in [0, 0.1) is 28.1 Å². The summed E-state index contributed by atoms with van der Waals surface area (Å²) in [5.74, 6) is 0.768. The Morgan fingerprint density at radius 3 is 2.65 bits per heavy atom. The van der Waals surface area contributed by atoms with Crippen molar-refractivity contribution < 1.29 is 0 Å². The number of hydrogen-bond donors (Lipinski definition) is 2. The molecule has 0 spiro atoms. The zero-order valence-corrected chi connectivity index (χ0v) is 9.74. The Bertz CT molecular complexity index is 515. The number of aromatic nitrogens is 1. The fourth-order valence-corrected chi connectivity index (χ4v) is 2.35. The molecule has 1 aromatic heterocycles. The Hall–Kier alpha value is -1.89. The molecule has 0 atom stereocenters. The zero-order valence-electron chi connectivity index (χ0n) is 9.74. The van der Waals surface area contributed by atoms with Crippen LogP contribution in [-0.2, 0) is 0 Å². The van der Waals surface area contributed by atoms with Gasteiger partial charge in [0.2, 0.25) is 0 Å². The summed E-state index contributed by atoms with van der Waals surface area (Å²) < 4.78 is 1.58. The van der Waals surface area contributed by atoms with Crippen LogP contribution < -0.4 is 5.49 Å². The summed E-state index contributed by atoms with van der Waals surface area (Å²) in [7, 11) is 0. The van der Waals surface area contributed by atoms with Gasteiger partial charge in [0.05, 0.1) is 11.6 Å². The van der Waals surface area contributed by atoms with Crippen molar-refractivity contribution in [1.29, 1.82) is 16.1 Å². The van der Waals surface area contributed by atoms with Crippen LogP contribution in [0.1, 0.15) is 37.7 Å². The molecule has 1 heterocycles. The quantitative estimate of drug-likeness (QED) is 0.561. The second-order valence-electron chi connectivity index (χ2n) is 4.50. The summed E-state index contributed by atoms with van der Waals surface area (Å²) >= 11 is 0. The SMILES string of the molecule is N#Cc1ccn(C(=N)C2CCCCC2)c(=N)c1. The van der Waals surface area contributed by atoms with E-state index >= 15 is 0 Å². The molecule has 1 fully saturated rings. The first-order valence-corrected chi connectivity index (χ1v) is 5.98. The number of pyridine rings is 1. The minimum Gasteiger partial charge on any atom is -0.290 e. The molecule has 4 nitrogen and oxygen atoms in total. The van der Waals surface area contributed by atoms with E-state index in [2.05, 4.69) is 0 Å². The van der Waals surface area contributed by atoms with Crippen LogP contribution in [0.25, 0.3) is 0 Å². The van der Waals surface area contributed by atoms with Gasteiger partial charge in [-0.2, -0.15) is 5.26 Å². The van der Waals surface area contributed by atoms with Crippen molar-refractivity contribution >= 4 is 5.84 Å². The van der Waals surface area contributed by atoms with Crippen molar-refractivity contribution in [3.05, 3.63) is 29.4 Å². The first-order chi connectivity index (χ1) is 8.22. The van der Waals surface area contributed by atoms with Crippen molar-refractivity contribution in [3.63, 3.8) is 0 Å². The highest BCUT2D eigenvalue weighted by Gasteiger charge is 2.19. The van der Waals surface area contributed by atoms with Crippen molar-refractivity contribution in [3.8, 4) is 6.07 Å². The fourth-order valence-electron chi connectivity index (χ4n) is 2.35. The summed E-state index contributed by atoms with van der Waals surface area (Å²) in [4.78, 5) is 0. The fraction of sp³-hybridized carbons (Fsp3) is 0.462. The van der Waals surface area contributed by atoms with E-state index in [0.717, 1.165) is 12.8 Å². The van der Waals surface area contributed by atoms with Crippen molar-refractivity contribution in [2.24, 2.45) is 5.92 Å². The third-order valence-corrected chi connectivity index (χ3v) is 3.34. The summed E-state index contributed by atoms with van der Waals surface area (Å²) in [6.07, 6.45) is 7.37. The summed E-state index contributed by atoms with van der Waals surface area (Å²) in [6, 6.07) is 5.18. The first-order valence-electron chi connectivity index (χ1n) is 5.98. The predicted molar refractivity (Wildman–Crippen MR) is 64.7 cm³/mol. The molecule has 0 radical (unpaired) electrons. The largest absolute Gasteiger partial charge is 0.290 e. The standard InChI is InChI=1S/C13H16N4/c14-9-10-6-7-17(12(15)8-10)13(16)11-4-2-1-3-5-11/h6-8,11,15-16H,1-5H2. The monoisotopic (exact) mass is 228 g/mol. The molecular formula is C13H16N4. The summed E-state index contributed by atoms with van der Waals surface area (Å²) in [6.45, 7) is 0. The maximum atomic E-state index is 8.74. The average Bonchev–Trinajstić information content (AvgIpc) is 2.39. The Morgan fingerprint density at radius 2 is 2.06 bits per heavy atom. The van der Waals surface area contributed by atoms with Crippen molar-refractivity contribution in [1.82, 2.24) is 4.57 Å². The number of nitriles is 1. The van der Waals surface area contributed by atoms with E-state index in [4.69, 9.17) is 16.1 Å². The highest BCUT2D eigenvalue weighted by Crippen LogP contribution is 2.24. The van der Waals surface area contributed by atoms with Crippen LogP contribution in [0.5, 0.6) is 0 Å². The lowest BCUT2D eigenvalue weighted by molar-refractivity contribution is 0.430. The third-order valence-electron chi connectivity index (χ3n) is 3.34. The van der Waals surface area contributed by atoms with E-state index in [1.54, 1.807) is 16.8 Å². The normalized spacial score (nSPS) is 16.4. The van der Waals surface area contributed by atoms with Gasteiger partial charge >= 0.3 is 0 Å². The summed E-state index contributed by atoms with van der Waals surface area (Å²) in [5.41, 5.74) is 0.697. The summed E-state index contributed by atoms with van der Waals surface area (Å²) in [5, 5.41) is 24.7.